The summed E-state index contributed by atoms with van der Waals surface area (Å²) in [5.41, 5.74) is 2.67. The number of ether oxygens (including phenoxy) is 3. The minimum Gasteiger partial charge on any atom is -0.496 e. The molecule has 0 aliphatic rings. The summed E-state index contributed by atoms with van der Waals surface area (Å²) < 4.78 is 51.5. The van der Waals surface area contributed by atoms with Gasteiger partial charge in [-0.05, 0) is 60.7 Å². The Morgan fingerprint density at radius 1 is 0.889 bits per heavy atom. The molecule has 0 saturated heterocycles. The number of carbonyl (C=O) groups excluding carboxylic acids is 2. The number of benzene rings is 3. The molecule has 0 heterocycles. The summed E-state index contributed by atoms with van der Waals surface area (Å²) in [6.45, 7) is 0.269. The van der Waals surface area contributed by atoms with Crippen LogP contribution in [-0.4, -0.2) is 39.0 Å². The van der Waals surface area contributed by atoms with Crippen LogP contribution in [0.1, 0.15) is 18.4 Å². The van der Waals surface area contributed by atoms with Gasteiger partial charge in [-0.3, -0.25) is 4.79 Å². The number of nitrogens with zero attached hydrogens (tertiary/aromatic N) is 1. The predicted octanol–water partition coefficient (Wildman–Crippen LogP) is 5.79. The first-order valence-electron chi connectivity index (χ1n) is 11.2. The normalized spacial score (nSPS) is 11.0. The number of carbonyl (C=O) groups is 2. The van der Waals surface area contributed by atoms with Crippen LogP contribution in [0.4, 0.5) is 18.9 Å². The lowest BCUT2D eigenvalue weighted by Gasteiger charge is -2.23. The van der Waals surface area contributed by atoms with Crippen molar-refractivity contribution in [2.45, 2.75) is 25.6 Å². The highest BCUT2D eigenvalue weighted by molar-refractivity contribution is 6.38. The third-order valence-corrected chi connectivity index (χ3v) is 5.44. The van der Waals surface area contributed by atoms with Crippen molar-refractivity contribution >= 4 is 17.6 Å². The average Bonchev–Trinajstić information content (AvgIpc) is 2.87. The van der Waals surface area contributed by atoms with E-state index in [1.165, 1.54) is 41.8 Å². The van der Waals surface area contributed by atoms with Crippen LogP contribution < -0.4 is 14.4 Å². The number of esters is 1. The molecule has 0 aliphatic heterocycles. The molecule has 0 atom stereocenters. The van der Waals surface area contributed by atoms with Crippen molar-refractivity contribution in [3.63, 3.8) is 0 Å². The molecule has 0 spiro atoms. The molecular formula is C27H26F3NO5. The molecule has 0 unspecified atom stereocenters. The quantitative estimate of drug-likeness (QED) is 0.211. The third kappa shape index (κ3) is 7.24. The number of methoxy groups -OCH3 is 2. The smallest absolute Gasteiger partial charge is 0.496 e. The second-order valence-corrected chi connectivity index (χ2v) is 7.85. The number of amides is 1. The van der Waals surface area contributed by atoms with Crippen molar-refractivity contribution in [1.29, 1.82) is 0 Å². The van der Waals surface area contributed by atoms with E-state index in [9.17, 15) is 22.8 Å². The topological polar surface area (TPSA) is 65.1 Å². The van der Waals surface area contributed by atoms with Gasteiger partial charge in [0, 0.05) is 17.8 Å². The van der Waals surface area contributed by atoms with Crippen LogP contribution in [0.25, 0.3) is 11.1 Å². The zero-order chi connectivity index (χ0) is 26.1. The van der Waals surface area contributed by atoms with E-state index in [1.54, 1.807) is 18.2 Å². The first kappa shape index (κ1) is 26.6. The lowest BCUT2D eigenvalue weighted by atomic mass is 10.0. The van der Waals surface area contributed by atoms with Gasteiger partial charge >= 0.3 is 18.2 Å². The number of unbranched alkanes of at least 4 members (excludes halogenated alkanes) is 1. The Labute approximate surface area is 207 Å². The van der Waals surface area contributed by atoms with Crippen LogP contribution in [0.3, 0.4) is 0 Å². The molecule has 3 rings (SSSR count). The number of halogens is 3. The standard InChI is InChI=1S/C27H26F3NO5/c1-34-24-16-13-21(18-23(24)20-11-14-22(15-12-20)36-27(28,29)30)31(25(32)26(33)35-2)17-7-6-10-19-8-4-3-5-9-19/h3-5,8-9,11-16,18H,6-7,10,17H2,1-2H3. The van der Waals surface area contributed by atoms with Gasteiger partial charge in [0.2, 0.25) is 0 Å². The maximum Gasteiger partial charge on any atom is 0.573 e. The van der Waals surface area contributed by atoms with E-state index in [0.29, 0.717) is 29.0 Å². The summed E-state index contributed by atoms with van der Waals surface area (Å²) in [5, 5.41) is 0. The summed E-state index contributed by atoms with van der Waals surface area (Å²) in [4.78, 5) is 26.2. The molecule has 1 amide bonds. The second-order valence-electron chi connectivity index (χ2n) is 7.85. The molecule has 0 N–H and O–H groups in total. The van der Waals surface area contributed by atoms with E-state index in [0.717, 1.165) is 20.0 Å². The zero-order valence-corrected chi connectivity index (χ0v) is 19.9. The average molecular weight is 502 g/mol. The molecule has 0 saturated carbocycles. The molecule has 36 heavy (non-hydrogen) atoms. The highest BCUT2D eigenvalue weighted by Crippen LogP contribution is 2.35. The van der Waals surface area contributed by atoms with Crippen LogP contribution in [0.2, 0.25) is 0 Å². The molecule has 0 fully saturated rings. The molecule has 0 aliphatic carbocycles. The molecule has 0 aromatic heterocycles. The Balaban J connectivity index is 1.85. The molecule has 0 bridgehead atoms. The predicted molar refractivity (Wildman–Crippen MR) is 129 cm³/mol. The number of hydrogen-bond donors (Lipinski definition) is 0. The zero-order valence-electron chi connectivity index (χ0n) is 19.9. The van der Waals surface area contributed by atoms with Gasteiger partial charge < -0.3 is 19.1 Å². The number of anilines is 1. The van der Waals surface area contributed by atoms with E-state index >= 15 is 0 Å². The highest BCUT2D eigenvalue weighted by atomic mass is 19.4. The number of alkyl halides is 3. The fourth-order valence-electron chi connectivity index (χ4n) is 3.71. The molecule has 0 radical (unpaired) electrons. The first-order chi connectivity index (χ1) is 17.2. The number of rotatable bonds is 9. The van der Waals surface area contributed by atoms with Crippen LogP contribution in [0, 0.1) is 0 Å². The van der Waals surface area contributed by atoms with Crippen LogP contribution >= 0.6 is 0 Å². The Kier molecular flexibility index (Phi) is 8.94. The van der Waals surface area contributed by atoms with Crippen LogP contribution in [0.15, 0.2) is 72.8 Å². The van der Waals surface area contributed by atoms with E-state index in [4.69, 9.17) is 4.74 Å². The summed E-state index contributed by atoms with van der Waals surface area (Å²) in [6.07, 6.45) is -2.56. The Morgan fingerprint density at radius 3 is 2.19 bits per heavy atom. The third-order valence-electron chi connectivity index (χ3n) is 5.44. The van der Waals surface area contributed by atoms with Gasteiger partial charge in [0.05, 0.1) is 14.2 Å². The minimum absolute atomic E-state index is 0.269. The fraction of sp³-hybridized carbons (Fsp3) is 0.259. The van der Waals surface area contributed by atoms with Crippen molar-refractivity contribution in [2.24, 2.45) is 0 Å². The fourth-order valence-corrected chi connectivity index (χ4v) is 3.71. The van der Waals surface area contributed by atoms with Crippen molar-refractivity contribution in [3.05, 3.63) is 78.4 Å². The minimum atomic E-state index is -4.80. The SMILES string of the molecule is COC(=O)C(=O)N(CCCCc1ccccc1)c1ccc(OC)c(-c2ccc(OC(F)(F)F)cc2)c1. The van der Waals surface area contributed by atoms with Gasteiger partial charge in [-0.15, -0.1) is 13.2 Å². The monoisotopic (exact) mass is 501 g/mol. The lowest BCUT2D eigenvalue weighted by Crippen LogP contribution is -2.38. The number of hydrogen-bond acceptors (Lipinski definition) is 5. The Hall–Kier alpha value is -4.01. The summed E-state index contributed by atoms with van der Waals surface area (Å²) in [7, 11) is 2.60. The summed E-state index contributed by atoms with van der Waals surface area (Å²) in [6, 6.07) is 20.1. The highest BCUT2D eigenvalue weighted by Gasteiger charge is 2.31. The first-order valence-corrected chi connectivity index (χ1v) is 11.2. The second kappa shape index (κ2) is 12.1. The Bertz CT molecular complexity index is 1160. The maximum absolute atomic E-state index is 12.8. The Morgan fingerprint density at radius 2 is 1.58 bits per heavy atom. The van der Waals surface area contributed by atoms with E-state index in [1.807, 2.05) is 30.3 Å². The van der Waals surface area contributed by atoms with Crippen LogP contribution in [0.5, 0.6) is 11.5 Å². The van der Waals surface area contributed by atoms with Gasteiger partial charge in [0.25, 0.3) is 0 Å². The van der Waals surface area contributed by atoms with Crippen molar-refractivity contribution in [3.8, 4) is 22.6 Å². The van der Waals surface area contributed by atoms with Gasteiger partial charge in [-0.25, -0.2) is 4.79 Å². The molecule has 190 valence electrons. The molecule has 6 nitrogen and oxygen atoms in total. The molecule has 3 aromatic carbocycles. The lowest BCUT2D eigenvalue weighted by molar-refractivity contribution is -0.274. The summed E-state index contributed by atoms with van der Waals surface area (Å²) in [5.74, 6) is -1.73. The van der Waals surface area contributed by atoms with Crippen LogP contribution in [-0.2, 0) is 20.7 Å². The van der Waals surface area contributed by atoms with Crippen molar-refractivity contribution in [1.82, 2.24) is 0 Å². The van der Waals surface area contributed by atoms with Gasteiger partial charge in [-0.2, -0.15) is 0 Å². The van der Waals surface area contributed by atoms with Crippen molar-refractivity contribution < 1.29 is 37.0 Å². The van der Waals surface area contributed by atoms with E-state index in [2.05, 4.69) is 9.47 Å². The maximum atomic E-state index is 12.8. The molecule has 3 aromatic rings. The summed E-state index contributed by atoms with van der Waals surface area (Å²) >= 11 is 0. The van der Waals surface area contributed by atoms with Gasteiger partial charge in [0.15, 0.2) is 0 Å². The van der Waals surface area contributed by atoms with Gasteiger partial charge in [-0.1, -0.05) is 42.5 Å². The molecular weight excluding hydrogens is 475 g/mol. The van der Waals surface area contributed by atoms with E-state index < -0.39 is 18.2 Å². The largest absolute Gasteiger partial charge is 0.573 e. The van der Waals surface area contributed by atoms with Crippen molar-refractivity contribution in [2.75, 3.05) is 25.7 Å². The molecule has 9 heteroatoms. The van der Waals surface area contributed by atoms with Gasteiger partial charge in [0.1, 0.15) is 11.5 Å². The number of aryl methyl sites for hydroxylation is 1. The van der Waals surface area contributed by atoms with E-state index in [-0.39, 0.29) is 12.3 Å².